The number of hydrogen-bond donors (Lipinski definition) is 0. The van der Waals surface area contributed by atoms with E-state index >= 15 is 0 Å². The number of carbonyl (C=O) groups is 1. The fraction of sp³-hybridized carbons (Fsp3) is 0.308. The molecule has 0 spiro atoms. The van der Waals surface area contributed by atoms with Gasteiger partial charge in [0.15, 0.2) is 0 Å². The smallest absolute Gasteiger partial charge is 0.330 e. The molecule has 2 rings (SSSR count). The second kappa shape index (κ2) is 5.77. The first-order chi connectivity index (χ1) is 8.28. The standard InChI is InChI=1S/C13H14O3S/c1-17-12-7-5-10(6-8-12)15-9-11-3-2-4-13(14)16-11/h2,4-8,11H,3,9H2,1H3/t11-/m1/s1. The van der Waals surface area contributed by atoms with Gasteiger partial charge in [0.25, 0.3) is 0 Å². The van der Waals surface area contributed by atoms with Gasteiger partial charge in [-0.1, -0.05) is 6.08 Å². The average molecular weight is 250 g/mol. The van der Waals surface area contributed by atoms with E-state index in [4.69, 9.17) is 9.47 Å². The van der Waals surface area contributed by atoms with Gasteiger partial charge in [-0.05, 0) is 30.5 Å². The molecular weight excluding hydrogens is 236 g/mol. The Labute approximate surface area is 105 Å². The highest BCUT2D eigenvalue weighted by atomic mass is 32.2. The van der Waals surface area contributed by atoms with E-state index in [1.54, 1.807) is 11.8 Å². The number of hydrogen-bond acceptors (Lipinski definition) is 4. The Balaban J connectivity index is 1.85. The van der Waals surface area contributed by atoms with Crippen molar-refractivity contribution in [2.24, 2.45) is 0 Å². The minimum Gasteiger partial charge on any atom is -0.490 e. The highest BCUT2D eigenvalue weighted by Gasteiger charge is 2.16. The van der Waals surface area contributed by atoms with E-state index in [2.05, 4.69) is 0 Å². The van der Waals surface area contributed by atoms with E-state index in [1.807, 2.05) is 36.6 Å². The second-order valence-corrected chi connectivity index (χ2v) is 4.56. The number of esters is 1. The van der Waals surface area contributed by atoms with Gasteiger partial charge in [0.1, 0.15) is 18.5 Å². The number of rotatable bonds is 4. The van der Waals surface area contributed by atoms with Crippen LogP contribution in [-0.4, -0.2) is 24.9 Å². The van der Waals surface area contributed by atoms with Gasteiger partial charge in [-0.25, -0.2) is 4.79 Å². The predicted molar refractivity (Wildman–Crippen MR) is 67.4 cm³/mol. The lowest BCUT2D eigenvalue weighted by Crippen LogP contribution is -2.26. The zero-order valence-electron chi connectivity index (χ0n) is 9.59. The van der Waals surface area contributed by atoms with Crippen molar-refractivity contribution in [1.82, 2.24) is 0 Å². The Morgan fingerprint density at radius 3 is 2.82 bits per heavy atom. The van der Waals surface area contributed by atoms with Gasteiger partial charge in [0.05, 0.1) is 0 Å². The number of benzene rings is 1. The van der Waals surface area contributed by atoms with Crippen molar-refractivity contribution in [3.8, 4) is 5.75 Å². The van der Waals surface area contributed by atoms with Crippen molar-refractivity contribution < 1.29 is 14.3 Å². The van der Waals surface area contributed by atoms with Crippen LogP contribution in [0.25, 0.3) is 0 Å². The number of cyclic esters (lactones) is 1. The Hall–Kier alpha value is -1.42. The Kier molecular flexibility index (Phi) is 4.09. The van der Waals surface area contributed by atoms with Crippen molar-refractivity contribution in [1.29, 1.82) is 0 Å². The summed E-state index contributed by atoms with van der Waals surface area (Å²) in [4.78, 5) is 12.2. The van der Waals surface area contributed by atoms with Gasteiger partial charge in [0.2, 0.25) is 0 Å². The number of carbonyl (C=O) groups excluding carboxylic acids is 1. The van der Waals surface area contributed by atoms with Gasteiger partial charge < -0.3 is 9.47 Å². The van der Waals surface area contributed by atoms with Crippen LogP contribution >= 0.6 is 11.8 Å². The summed E-state index contributed by atoms with van der Waals surface area (Å²) < 4.78 is 10.7. The zero-order chi connectivity index (χ0) is 12.1. The van der Waals surface area contributed by atoms with Gasteiger partial charge in [0, 0.05) is 17.4 Å². The summed E-state index contributed by atoms with van der Waals surface area (Å²) in [6, 6.07) is 7.86. The van der Waals surface area contributed by atoms with E-state index in [-0.39, 0.29) is 12.1 Å². The van der Waals surface area contributed by atoms with Gasteiger partial charge in [-0.2, -0.15) is 0 Å². The molecule has 0 saturated carbocycles. The minimum absolute atomic E-state index is 0.173. The molecule has 0 aromatic heterocycles. The summed E-state index contributed by atoms with van der Waals surface area (Å²) in [7, 11) is 0. The normalized spacial score (nSPS) is 18.9. The molecular formula is C13H14O3S. The summed E-state index contributed by atoms with van der Waals surface area (Å²) >= 11 is 1.69. The van der Waals surface area contributed by atoms with Crippen LogP contribution in [0.3, 0.4) is 0 Å². The van der Waals surface area contributed by atoms with Crippen LogP contribution in [0.1, 0.15) is 6.42 Å². The van der Waals surface area contributed by atoms with E-state index in [9.17, 15) is 4.79 Å². The quantitative estimate of drug-likeness (QED) is 0.608. The van der Waals surface area contributed by atoms with Gasteiger partial charge >= 0.3 is 5.97 Å². The number of ether oxygens (including phenoxy) is 2. The maximum absolute atomic E-state index is 11.0. The fourth-order valence-corrected chi connectivity index (χ4v) is 1.94. The molecule has 0 amide bonds. The summed E-state index contributed by atoms with van der Waals surface area (Å²) in [6.07, 6.45) is 5.84. The predicted octanol–water partition coefficient (Wildman–Crippen LogP) is 2.66. The van der Waals surface area contributed by atoms with Gasteiger partial charge in [-0.15, -0.1) is 11.8 Å². The first-order valence-electron chi connectivity index (χ1n) is 5.42. The third kappa shape index (κ3) is 3.53. The Morgan fingerprint density at radius 2 is 2.18 bits per heavy atom. The van der Waals surface area contributed by atoms with Crippen LogP contribution in [0.5, 0.6) is 5.75 Å². The van der Waals surface area contributed by atoms with Crippen molar-refractivity contribution in [3.05, 3.63) is 36.4 Å². The molecule has 1 heterocycles. The maximum Gasteiger partial charge on any atom is 0.330 e. The van der Waals surface area contributed by atoms with E-state index < -0.39 is 0 Å². The first kappa shape index (κ1) is 12.0. The summed E-state index contributed by atoms with van der Waals surface area (Å²) in [5.41, 5.74) is 0. The fourth-order valence-electron chi connectivity index (χ4n) is 1.53. The van der Waals surface area contributed by atoms with Crippen LogP contribution in [0.2, 0.25) is 0 Å². The van der Waals surface area contributed by atoms with Crippen molar-refractivity contribution in [2.75, 3.05) is 12.9 Å². The number of thioether (sulfide) groups is 1. The molecule has 1 aromatic carbocycles. The molecule has 90 valence electrons. The van der Waals surface area contributed by atoms with E-state index in [1.165, 1.54) is 11.0 Å². The molecule has 0 N–H and O–H groups in total. The highest BCUT2D eigenvalue weighted by Crippen LogP contribution is 2.19. The lowest BCUT2D eigenvalue weighted by atomic mass is 10.2. The summed E-state index contributed by atoms with van der Waals surface area (Å²) in [6.45, 7) is 0.398. The summed E-state index contributed by atoms with van der Waals surface area (Å²) in [5, 5.41) is 0. The first-order valence-corrected chi connectivity index (χ1v) is 6.64. The van der Waals surface area contributed by atoms with Gasteiger partial charge in [-0.3, -0.25) is 0 Å². The van der Waals surface area contributed by atoms with Crippen LogP contribution in [0, 0.1) is 0 Å². The van der Waals surface area contributed by atoms with Crippen LogP contribution in [0.15, 0.2) is 41.3 Å². The third-order valence-electron chi connectivity index (χ3n) is 2.43. The molecule has 1 aliphatic heterocycles. The minimum atomic E-state index is -0.289. The maximum atomic E-state index is 11.0. The van der Waals surface area contributed by atoms with Crippen molar-refractivity contribution in [2.45, 2.75) is 17.4 Å². The molecule has 0 bridgehead atoms. The van der Waals surface area contributed by atoms with Crippen LogP contribution in [-0.2, 0) is 9.53 Å². The Bertz CT molecular complexity index is 411. The Morgan fingerprint density at radius 1 is 1.41 bits per heavy atom. The van der Waals surface area contributed by atoms with E-state index in [0.717, 1.165) is 5.75 Å². The largest absolute Gasteiger partial charge is 0.490 e. The molecule has 0 unspecified atom stereocenters. The SMILES string of the molecule is CSc1ccc(OC[C@H]2CC=CC(=O)O2)cc1. The molecule has 3 nitrogen and oxygen atoms in total. The molecule has 0 saturated heterocycles. The second-order valence-electron chi connectivity index (χ2n) is 3.68. The molecule has 17 heavy (non-hydrogen) atoms. The molecule has 0 fully saturated rings. The highest BCUT2D eigenvalue weighted by molar-refractivity contribution is 7.98. The van der Waals surface area contributed by atoms with E-state index in [0.29, 0.717) is 13.0 Å². The lowest BCUT2D eigenvalue weighted by molar-refractivity contribution is -0.145. The molecule has 1 atom stereocenters. The van der Waals surface area contributed by atoms with Crippen molar-refractivity contribution in [3.63, 3.8) is 0 Å². The lowest BCUT2D eigenvalue weighted by Gasteiger charge is -2.19. The zero-order valence-corrected chi connectivity index (χ0v) is 10.4. The molecule has 4 heteroatoms. The summed E-state index contributed by atoms with van der Waals surface area (Å²) in [5.74, 6) is 0.510. The molecule has 1 aromatic rings. The van der Waals surface area contributed by atoms with Crippen LogP contribution in [0.4, 0.5) is 0 Å². The topological polar surface area (TPSA) is 35.5 Å². The van der Waals surface area contributed by atoms with Crippen LogP contribution < -0.4 is 4.74 Å². The molecule has 0 radical (unpaired) electrons. The van der Waals surface area contributed by atoms with Crippen molar-refractivity contribution >= 4 is 17.7 Å². The average Bonchev–Trinajstić information content (AvgIpc) is 2.37. The molecule has 1 aliphatic rings. The third-order valence-corrected chi connectivity index (χ3v) is 3.17. The molecule has 0 aliphatic carbocycles. The monoisotopic (exact) mass is 250 g/mol.